The average molecular weight is 553 g/mol. The molecule has 0 spiro atoms. The van der Waals surface area contributed by atoms with Gasteiger partial charge in [0, 0.05) is 0 Å². The van der Waals surface area contributed by atoms with Gasteiger partial charge >= 0.3 is 5.97 Å². The second-order valence-corrected chi connectivity index (χ2v) is 8.86. The number of aliphatic carboxylic acids is 1. The molecule has 2 amide bonds. The van der Waals surface area contributed by atoms with E-state index in [1.807, 2.05) is 38.1 Å². The van der Waals surface area contributed by atoms with Crippen LogP contribution in [0.15, 0.2) is 41.3 Å². The number of carbonyl (C=O) groups excluding carboxylic acids is 2. The number of thioether (sulfide) groups is 1. The molecule has 1 fully saturated rings. The lowest BCUT2D eigenvalue weighted by molar-refractivity contribution is -0.140. The third kappa shape index (κ3) is 5.79. The number of benzene rings is 2. The van der Waals surface area contributed by atoms with Crippen LogP contribution >= 0.6 is 34.4 Å². The highest BCUT2D eigenvalue weighted by atomic mass is 127. The largest absolute Gasteiger partial charge is 0.490 e. The van der Waals surface area contributed by atoms with Gasteiger partial charge in [0.05, 0.1) is 15.1 Å². The zero-order valence-corrected chi connectivity index (χ0v) is 19.9. The molecule has 1 heterocycles. The van der Waals surface area contributed by atoms with Crippen LogP contribution in [0, 0.1) is 10.5 Å². The van der Waals surface area contributed by atoms with E-state index < -0.39 is 23.7 Å². The molecule has 0 aromatic heterocycles. The fourth-order valence-electron chi connectivity index (χ4n) is 2.95. The van der Waals surface area contributed by atoms with Crippen LogP contribution in [-0.2, 0) is 16.2 Å². The molecule has 0 bridgehead atoms. The molecule has 31 heavy (non-hydrogen) atoms. The maximum atomic E-state index is 12.4. The fraction of sp³-hybridized carbons (Fsp3) is 0.227. The van der Waals surface area contributed by atoms with Crippen LogP contribution in [0.2, 0.25) is 0 Å². The van der Waals surface area contributed by atoms with Crippen LogP contribution in [0.5, 0.6) is 11.5 Å². The second kappa shape index (κ2) is 10.2. The Balaban J connectivity index is 1.86. The first-order valence-corrected chi connectivity index (χ1v) is 11.3. The van der Waals surface area contributed by atoms with Crippen molar-refractivity contribution in [3.8, 4) is 11.5 Å². The van der Waals surface area contributed by atoms with Crippen molar-refractivity contribution < 1.29 is 29.0 Å². The summed E-state index contributed by atoms with van der Waals surface area (Å²) < 4.78 is 12.6. The van der Waals surface area contributed by atoms with Crippen LogP contribution in [0.1, 0.15) is 23.6 Å². The van der Waals surface area contributed by atoms with E-state index in [0.717, 1.165) is 26.5 Å². The number of hydrogen-bond donors (Lipinski definition) is 1. The van der Waals surface area contributed by atoms with Crippen molar-refractivity contribution in [2.75, 3.05) is 13.2 Å². The van der Waals surface area contributed by atoms with Gasteiger partial charge in [-0.1, -0.05) is 29.8 Å². The number of imide groups is 1. The number of rotatable bonds is 8. The monoisotopic (exact) mass is 553 g/mol. The molecular weight excluding hydrogens is 533 g/mol. The Labute approximate surface area is 197 Å². The maximum Gasteiger partial charge on any atom is 0.323 e. The van der Waals surface area contributed by atoms with Gasteiger partial charge in [0.1, 0.15) is 13.2 Å². The van der Waals surface area contributed by atoms with Gasteiger partial charge in [-0.2, -0.15) is 0 Å². The van der Waals surface area contributed by atoms with Gasteiger partial charge in [-0.15, -0.1) is 0 Å². The van der Waals surface area contributed by atoms with E-state index in [4.69, 9.17) is 14.6 Å². The lowest BCUT2D eigenvalue weighted by Crippen LogP contribution is -2.33. The van der Waals surface area contributed by atoms with Crippen LogP contribution in [-0.4, -0.2) is 40.3 Å². The molecule has 1 aliphatic rings. The number of halogens is 1. The van der Waals surface area contributed by atoms with E-state index in [9.17, 15) is 14.4 Å². The minimum Gasteiger partial charge on any atom is -0.490 e. The number of carboxylic acid groups (broad SMARTS) is 1. The maximum absolute atomic E-state index is 12.4. The van der Waals surface area contributed by atoms with Crippen molar-refractivity contribution in [1.82, 2.24) is 4.90 Å². The Morgan fingerprint density at radius 2 is 2.00 bits per heavy atom. The predicted octanol–water partition coefficient (Wildman–Crippen LogP) is 4.70. The van der Waals surface area contributed by atoms with E-state index in [1.165, 1.54) is 0 Å². The minimum atomic E-state index is -1.24. The third-order valence-electron chi connectivity index (χ3n) is 4.26. The topological polar surface area (TPSA) is 93.1 Å². The summed E-state index contributed by atoms with van der Waals surface area (Å²) >= 11 is 2.85. The number of carboxylic acids is 1. The highest BCUT2D eigenvalue weighted by Crippen LogP contribution is 2.37. The smallest absolute Gasteiger partial charge is 0.323 e. The number of amides is 2. The van der Waals surface area contributed by atoms with Crippen molar-refractivity contribution in [3.63, 3.8) is 0 Å². The molecule has 1 N–H and O–H groups in total. The molecular formula is C22H20INO6S. The molecule has 2 aromatic rings. The van der Waals surface area contributed by atoms with Crippen LogP contribution in [0.3, 0.4) is 0 Å². The Kier molecular flexibility index (Phi) is 7.60. The number of ether oxygens (including phenoxy) is 2. The second-order valence-electron chi connectivity index (χ2n) is 6.70. The van der Waals surface area contributed by atoms with Gasteiger partial charge < -0.3 is 14.6 Å². The Morgan fingerprint density at radius 1 is 1.23 bits per heavy atom. The van der Waals surface area contributed by atoms with E-state index in [-0.39, 0.29) is 4.91 Å². The van der Waals surface area contributed by atoms with Crippen molar-refractivity contribution in [2.45, 2.75) is 20.5 Å². The van der Waals surface area contributed by atoms with Gasteiger partial charge in [0.25, 0.3) is 11.1 Å². The average Bonchev–Trinajstić information content (AvgIpc) is 2.94. The van der Waals surface area contributed by atoms with Crippen molar-refractivity contribution >= 4 is 57.5 Å². The molecule has 0 unspecified atom stereocenters. The first kappa shape index (κ1) is 23.1. The Morgan fingerprint density at radius 3 is 2.68 bits per heavy atom. The summed E-state index contributed by atoms with van der Waals surface area (Å²) in [7, 11) is 0. The molecule has 0 saturated carbocycles. The van der Waals surface area contributed by atoms with Gasteiger partial charge in [0.15, 0.2) is 11.5 Å². The highest BCUT2D eigenvalue weighted by molar-refractivity contribution is 14.1. The Bertz CT molecular complexity index is 1070. The summed E-state index contributed by atoms with van der Waals surface area (Å²) in [5.74, 6) is -0.741. The summed E-state index contributed by atoms with van der Waals surface area (Å²) in [6, 6.07) is 11.6. The molecule has 1 aliphatic heterocycles. The van der Waals surface area contributed by atoms with Crippen LogP contribution in [0.25, 0.3) is 6.08 Å². The number of aryl methyl sites for hydroxylation is 1. The molecule has 3 rings (SSSR count). The Hall–Kier alpha value is -2.53. The molecule has 0 atom stereocenters. The van der Waals surface area contributed by atoms with Gasteiger partial charge in [-0.25, -0.2) is 0 Å². The number of hydrogen-bond acceptors (Lipinski definition) is 6. The molecule has 0 radical (unpaired) electrons. The predicted molar refractivity (Wildman–Crippen MR) is 126 cm³/mol. The molecule has 7 nitrogen and oxygen atoms in total. The van der Waals surface area contributed by atoms with E-state index in [1.54, 1.807) is 12.1 Å². The summed E-state index contributed by atoms with van der Waals surface area (Å²) in [4.78, 5) is 36.1. The lowest BCUT2D eigenvalue weighted by atomic mass is 10.1. The summed E-state index contributed by atoms with van der Waals surface area (Å²) in [6.45, 7) is 4.03. The summed E-state index contributed by atoms with van der Waals surface area (Å²) in [5.41, 5.74) is 2.83. The lowest BCUT2D eigenvalue weighted by Gasteiger charge is -2.15. The first-order valence-electron chi connectivity index (χ1n) is 9.40. The van der Waals surface area contributed by atoms with Crippen LogP contribution in [0.4, 0.5) is 4.79 Å². The van der Waals surface area contributed by atoms with E-state index >= 15 is 0 Å². The van der Waals surface area contributed by atoms with Crippen molar-refractivity contribution in [3.05, 3.63) is 61.6 Å². The van der Waals surface area contributed by atoms with Crippen molar-refractivity contribution in [2.24, 2.45) is 0 Å². The minimum absolute atomic E-state index is 0.165. The molecule has 2 aromatic carbocycles. The quantitative estimate of drug-likeness (QED) is 0.374. The molecule has 1 saturated heterocycles. The fourth-order valence-corrected chi connectivity index (χ4v) is 4.57. The third-order valence-corrected chi connectivity index (χ3v) is 5.97. The van der Waals surface area contributed by atoms with E-state index in [0.29, 0.717) is 35.2 Å². The zero-order chi connectivity index (χ0) is 22.5. The SMILES string of the molecule is CCOc1cc(/C=C2/SC(=O)N(CC(=O)O)C2=O)cc(I)c1OCc1cccc(C)c1. The molecule has 162 valence electrons. The summed E-state index contributed by atoms with van der Waals surface area (Å²) in [6.07, 6.45) is 1.56. The summed E-state index contributed by atoms with van der Waals surface area (Å²) in [5, 5.41) is 8.29. The van der Waals surface area contributed by atoms with Crippen molar-refractivity contribution in [1.29, 1.82) is 0 Å². The molecule has 9 heteroatoms. The molecule has 0 aliphatic carbocycles. The van der Waals surface area contributed by atoms with Gasteiger partial charge in [-0.05, 0) is 77.5 Å². The number of carbonyl (C=O) groups is 3. The highest BCUT2D eigenvalue weighted by Gasteiger charge is 2.36. The normalized spacial score (nSPS) is 14.9. The zero-order valence-electron chi connectivity index (χ0n) is 16.9. The number of nitrogens with zero attached hydrogens (tertiary/aromatic N) is 1. The van der Waals surface area contributed by atoms with Crippen LogP contribution < -0.4 is 9.47 Å². The van der Waals surface area contributed by atoms with Gasteiger partial charge in [0.2, 0.25) is 0 Å². The standard InChI is InChI=1S/C22H20INO6S/c1-3-29-17-9-15(10-18-21(27)24(11-19(25)26)22(28)31-18)8-16(23)20(17)30-12-14-6-4-5-13(2)7-14/h4-10H,3,11-12H2,1-2H3,(H,25,26)/b18-10+. The first-order chi connectivity index (χ1) is 14.8. The van der Waals surface area contributed by atoms with Gasteiger partial charge in [-0.3, -0.25) is 19.3 Å². The van der Waals surface area contributed by atoms with E-state index in [2.05, 4.69) is 28.7 Å².